The van der Waals surface area contributed by atoms with Crippen molar-refractivity contribution < 1.29 is 17.9 Å². The molecule has 0 bridgehead atoms. The predicted molar refractivity (Wildman–Crippen MR) is 108 cm³/mol. The number of alkyl halides is 3. The number of ether oxygens (including phenoxy) is 1. The van der Waals surface area contributed by atoms with Crippen LogP contribution in [0.4, 0.5) is 13.2 Å². The Morgan fingerprint density at radius 2 is 2.07 bits per heavy atom. The highest BCUT2D eigenvalue weighted by Crippen LogP contribution is 2.36. The number of halogens is 3. The van der Waals surface area contributed by atoms with Gasteiger partial charge >= 0.3 is 6.18 Å². The molecule has 0 saturated carbocycles. The molecular formula is C22H28F3NOS. The van der Waals surface area contributed by atoms with Gasteiger partial charge in [-0.3, -0.25) is 0 Å². The molecule has 0 spiro atoms. The molecule has 2 unspecified atom stereocenters. The molecule has 2 aromatic rings. The summed E-state index contributed by atoms with van der Waals surface area (Å²) in [6.45, 7) is 5.73. The highest BCUT2D eigenvalue weighted by atomic mass is 32.1. The van der Waals surface area contributed by atoms with E-state index in [2.05, 4.69) is 28.7 Å². The van der Waals surface area contributed by atoms with E-state index in [4.69, 9.17) is 4.74 Å². The van der Waals surface area contributed by atoms with Crippen molar-refractivity contribution in [2.24, 2.45) is 5.92 Å². The monoisotopic (exact) mass is 411 g/mol. The summed E-state index contributed by atoms with van der Waals surface area (Å²) < 4.78 is 44.7. The molecular weight excluding hydrogens is 383 g/mol. The Kier molecular flexibility index (Phi) is 7.41. The van der Waals surface area contributed by atoms with Gasteiger partial charge in [-0.15, -0.1) is 0 Å². The third-order valence-electron chi connectivity index (χ3n) is 5.49. The van der Waals surface area contributed by atoms with Crippen LogP contribution < -0.4 is 4.74 Å². The third-order valence-corrected chi connectivity index (χ3v) is 6.19. The van der Waals surface area contributed by atoms with E-state index in [1.54, 1.807) is 17.4 Å². The smallest absolute Gasteiger partial charge is 0.416 e. The van der Waals surface area contributed by atoms with Gasteiger partial charge in [-0.05, 0) is 72.4 Å². The summed E-state index contributed by atoms with van der Waals surface area (Å²) in [5.41, 5.74) is 0.667. The average molecular weight is 412 g/mol. The molecule has 0 N–H and O–H groups in total. The lowest BCUT2D eigenvalue weighted by molar-refractivity contribution is -0.137. The van der Waals surface area contributed by atoms with Gasteiger partial charge in [-0.25, -0.2) is 0 Å². The van der Waals surface area contributed by atoms with Crippen molar-refractivity contribution in [1.82, 2.24) is 4.90 Å². The quantitative estimate of drug-likeness (QED) is 0.463. The molecule has 1 aromatic carbocycles. The van der Waals surface area contributed by atoms with E-state index in [0.717, 1.165) is 38.2 Å². The van der Waals surface area contributed by atoms with E-state index < -0.39 is 11.7 Å². The van der Waals surface area contributed by atoms with E-state index >= 15 is 0 Å². The van der Waals surface area contributed by atoms with Crippen molar-refractivity contribution in [3.05, 3.63) is 52.2 Å². The van der Waals surface area contributed by atoms with Crippen LogP contribution in [-0.2, 0) is 6.18 Å². The Balaban J connectivity index is 1.66. The Labute approximate surface area is 169 Å². The number of benzene rings is 1. The number of likely N-dealkylation sites (tertiary alicyclic amines) is 1. The molecule has 0 aliphatic carbocycles. The van der Waals surface area contributed by atoms with E-state index in [1.807, 2.05) is 0 Å². The molecule has 2 heterocycles. The lowest BCUT2D eigenvalue weighted by Crippen LogP contribution is -2.42. The highest BCUT2D eigenvalue weighted by Gasteiger charge is 2.32. The van der Waals surface area contributed by atoms with Crippen molar-refractivity contribution in [2.75, 3.05) is 26.2 Å². The van der Waals surface area contributed by atoms with Gasteiger partial charge in [0.1, 0.15) is 5.75 Å². The van der Waals surface area contributed by atoms with Gasteiger partial charge in [0.05, 0.1) is 12.2 Å². The van der Waals surface area contributed by atoms with Crippen LogP contribution in [0.1, 0.15) is 49.7 Å². The summed E-state index contributed by atoms with van der Waals surface area (Å²) in [5.74, 6) is 0.973. The van der Waals surface area contributed by atoms with Gasteiger partial charge in [0.25, 0.3) is 0 Å². The van der Waals surface area contributed by atoms with Crippen LogP contribution in [0.2, 0.25) is 0 Å². The van der Waals surface area contributed by atoms with E-state index in [1.165, 1.54) is 30.9 Å². The minimum atomic E-state index is -4.35. The fourth-order valence-corrected chi connectivity index (χ4v) is 4.68. The molecule has 1 aliphatic rings. The number of hydrogen-bond donors (Lipinski definition) is 0. The van der Waals surface area contributed by atoms with E-state index in [9.17, 15) is 13.2 Å². The number of thiophene rings is 1. The lowest BCUT2D eigenvalue weighted by atomic mass is 9.82. The lowest BCUT2D eigenvalue weighted by Gasteiger charge is -2.38. The fraction of sp³-hybridized carbons (Fsp3) is 0.545. The van der Waals surface area contributed by atoms with Gasteiger partial charge in [0, 0.05) is 12.5 Å². The minimum absolute atomic E-state index is 0.277. The summed E-state index contributed by atoms with van der Waals surface area (Å²) in [4.78, 5) is 2.48. The normalized spacial score (nSPS) is 21.0. The maximum atomic E-state index is 12.9. The third kappa shape index (κ3) is 5.74. The fourth-order valence-electron chi connectivity index (χ4n) is 3.96. The Bertz CT molecular complexity index is 717. The molecule has 154 valence electrons. The Morgan fingerprint density at radius 1 is 1.21 bits per heavy atom. The molecule has 2 nitrogen and oxygen atoms in total. The zero-order chi connectivity index (χ0) is 20.0. The first-order valence-corrected chi connectivity index (χ1v) is 11.0. The second-order valence-electron chi connectivity index (χ2n) is 7.56. The number of hydrogen-bond acceptors (Lipinski definition) is 3. The van der Waals surface area contributed by atoms with Crippen LogP contribution in [0.3, 0.4) is 0 Å². The summed E-state index contributed by atoms with van der Waals surface area (Å²) in [6, 6.07) is 7.36. The largest absolute Gasteiger partial charge is 0.493 e. The SMILES string of the molecule is CCCCCN1CCC(c2ccsc2)C(COc2cccc(C(F)(F)F)c2)C1. The molecule has 0 radical (unpaired) electrons. The summed E-state index contributed by atoms with van der Waals surface area (Å²) in [7, 11) is 0. The summed E-state index contributed by atoms with van der Waals surface area (Å²) in [5, 5.41) is 4.28. The van der Waals surface area contributed by atoms with Crippen molar-refractivity contribution in [3.8, 4) is 5.75 Å². The van der Waals surface area contributed by atoms with Gasteiger partial charge < -0.3 is 9.64 Å². The second kappa shape index (κ2) is 9.79. The van der Waals surface area contributed by atoms with Crippen molar-refractivity contribution in [3.63, 3.8) is 0 Å². The van der Waals surface area contributed by atoms with E-state index in [-0.39, 0.29) is 5.92 Å². The second-order valence-corrected chi connectivity index (χ2v) is 8.34. The molecule has 28 heavy (non-hydrogen) atoms. The highest BCUT2D eigenvalue weighted by molar-refractivity contribution is 7.07. The van der Waals surface area contributed by atoms with Crippen LogP contribution in [0.5, 0.6) is 5.75 Å². The molecule has 1 aliphatic heterocycles. The van der Waals surface area contributed by atoms with Gasteiger partial charge in [0.15, 0.2) is 0 Å². The van der Waals surface area contributed by atoms with Crippen LogP contribution >= 0.6 is 11.3 Å². The average Bonchev–Trinajstić information content (AvgIpc) is 3.21. The van der Waals surface area contributed by atoms with Crippen molar-refractivity contribution in [2.45, 2.75) is 44.7 Å². The van der Waals surface area contributed by atoms with Crippen LogP contribution in [-0.4, -0.2) is 31.1 Å². The maximum Gasteiger partial charge on any atom is 0.416 e. The molecule has 1 fully saturated rings. The van der Waals surface area contributed by atoms with Gasteiger partial charge in [-0.1, -0.05) is 25.8 Å². The maximum absolute atomic E-state index is 12.9. The standard InChI is InChI=1S/C22H28F3NOS/c1-2-3-4-10-26-11-8-21(17-9-12-28-16-17)18(14-26)15-27-20-7-5-6-19(13-20)22(23,24)25/h5-7,9,12-13,16,18,21H,2-4,8,10-11,14-15H2,1H3. The van der Waals surface area contributed by atoms with Gasteiger partial charge in [-0.2, -0.15) is 24.5 Å². The number of piperidine rings is 1. The molecule has 1 saturated heterocycles. The van der Waals surface area contributed by atoms with Crippen LogP contribution in [0.15, 0.2) is 41.1 Å². The Morgan fingerprint density at radius 3 is 2.79 bits per heavy atom. The molecule has 2 atom stereocenters. The van der Waals surface area contributed by atoms with Crippen LogP contribution in [0.25, 0.3) is 0 Å². The predicted octanol–water partition coefficient (Wildman–Crippen LogP) is 6.44. The number of unbranched alkanes of at least 4 members (excludes halogenated alkanes) is 2. The first-order valence-electron chi connectivity index (χ1n) is 10.0. The molecule has 3 rings (SSSR count). The Hall–Kier alpha value is -1.53. The summed E-state index contributed by atoms with van der Waals surface area (Å²) >= 11 is 1.69. The minimum Gasteiger partial charge on any atom is -0.493 e. The van der Waals surface area contributed by atoms with Crippen molar-refractivity contribution in [1.29, 1.82) is 0 Å². The zero-order valence-electron chi connectivity index (χ0n) is 16.3. The number of rotatable bonds is 8. The van der Waals surface area contributed by atoms with Gasteiger partial charge in [0.2, 0.25) is 0 Å². The number of nitrogens with zero attached hydrogens (tertiary/aromatic N) is 1. The van der Waals surface area contributed by atoms with E-state index in [0.29, 0.717) is 18.3 Å². The zero-order valence-corrected chi connectivity index (χ0v) is 17.1. The first-order chi connectivity index (χ1) is 13.5. The molecule has 1 aromatic heterocycles. The summed E-state index contributed by atoms with van der Waals surface area (Å²) in [6.07, 6.45) is 0.350. The first kappa shape index (κ1) is 21.2. The molecule has 6 heteroatoms. The molecule has 0 amide bonds. The topological polar surface area (TPSA) is 12.5 Å². The van der Waals surface area contributed by atoms with Crippen LogP contribution in [0, 0.1) is 5.92 Å². The van der Waals surface area contributed by atoms with Crippen molar-refractivity contribution >= 4 is 11.3 Å².